The van der Waals surface area contributed by atoms with Crippen LogP contribution in [0.3, 0.4) is 0 Å². The largest absolute Gasteiger partial charge is 0.363 e. The van der Waals surface area contributed by atoms with Crippen LogP contribution in [0.4, 0.5) is 4.79 Å². The lowest BCUT2D eigenvalue weighted by atomic mass is 9.80. The molecule has 42 heavy (non-hydrogen) atoms. The van der Waals surface area contributed by atoms with Crippen molar-refractivity contribution in [1.29, 1.82) is 0 Å². The molecule has 5 N–H and O–H groups in total. The van der Waals surface area contributed by atoms with Crippen molar-refractivity contribution in [2.24, 2.45) is 33.3 Å². The number of nitrogens with one attached hydrogen (secondary N) is 3. The monoisotopic (exact) mass is 588 g/mol. The van der Waals surface area contributed by atoms with E-state index in [-0.39, 0.29) is 28.1 Å². The zero-order chi connectivity index (χ0) is 31.6. The molecule has 4 fully saturated rings. The highest BCUT2D eigenvalue weighted by atomic mass is 16.2. The van der Waals surface area contributed by atoms with Gasteiger partial charge in [0.2, 0.25) is 17.6 Å². The number of hydrogen-bond acceptors (Lipinski definition) is 6. The number of primary amides is 1. The van der Waals surface area contributed by atoms with Gasteiger partial charge in [0.05, 0.1) is 6.04 Å². The Morgan fingerprint density at radius 2 is 1.52 bits per heavy atom. The van der Waals surface area contributed by atoms with Gasteiger partial charge in [-0.3, -0.25) is 19.2 Å². The minimum atomic E-state index is -1.07. The van der Waals surface area contributed by atoms with Crippen LogP contribution in [0.2, 0.25) is 0 Å². The van der Waals surface area contributed by atoms with Gasteiger partial charge < -0.3 is 31.5 Å². The summed E-state index contributed by atoms with van der Waals surface area (Å²) in [6, 6.07) is -3.21. The molecule has 2 heterocycles. The van der Waals surface area contributed by atoms with Crippen molar-refractivity contribution in [3.63, 3.8) is 0 Å². The number of nitrogens with zero attached hydrogens (tertiary/aromatic N) is 2. The van der Waals surface area contributed by atoms with Gasteiger partial charge in [-0.25, -0.2) is 4.79 Å². The van der Waals surface area contributed by atoms with Gasteiger partial charge in [0.25, 0.3) is 5.91 Å². The zero-order valence-electron chi connectivity index (χ0n) is 27.0. The third-order valence-corrected chi connectivity index (χ3v) is 10.8. The lowest BCUT2D eigenvalue weighted by Gasteiger charge is -2.41. The van der Waals surface area contributed by atoms with Crippen LogP contribution in [0.1, 0.15) is 87.5 Å². The second-order valence-corrected chi connectivity index (χ2v) is 16.1. The second kappa shape index (κ2) is 10.5. The molecule has 0 aromatic rings. The number of amides is 5. The second-order valence-electron chi connectivity index (χ2n) is 16.1. The Morgan fingerprint density at radius 3 is 1.98 bits per heavy atom. The van der Waals surface area contributed by atoms with Crippen molar-refractivity contribution < 1.29 is 24.0 Å². The fourth-order valence-electron chi connectivity index (χ4n) is 8.06. The van der Waals surface area contributed by atoms with E-state index in [0.717, 1.165) is 32.4 Å². The number of Topliss-reactive ketones (excluding diaryl/α,β-unsaturated/α-hetero) is 1. The summed E-state index contributed by atoms with van der Waals surface area (Å²) in [5.41, 5.74) is 3.80. The number of urea groups is 1. The highest BCUT2D eigenvalue weighted by molar-refractivity contribution is 6.37. The van der Waals surface area contributed by atoms with Gasteiger partial charge in [0.1, 0.15) is 12.1 Å². The van der Waals surface area contributed by atoms with E-state index in [4.69, 9.17) is 5.73 Å². The van der Waals surface area contributed by atoms with Crippen molar-refractivity contribution in [3.05, 3.63) is 0 Å². The third kappa shape index (κ3) is 5.42. The molecule has 2 saturated heterocycles. The number of likely N-dealkylation sites (tertiary alicyclic amines) is 2. The molecule has 0 radical (unpaired) electrons. The van der Waals surface area contributed by atoms with Crippen LogP contribution in [0.5, 0.6) is 0 Å². The molecule has 0 bridgehead atoms. The minimum Gasteiger partial charge on any atom is -0.363 e. The van der Waals surface area contributed by atoms with Gasteiger partial charge in [-0.2, -0.15) is 0 Å². The summed E-state index contributed by atoms with van der Waals surface area (Å²) in [6.07, 6.45) is 3.75. The number of rotatable bonds is 8. The van der Waals surface area contributed by atoms with Crippen LogP contribution in [-0.4, -0.2) is 89.7 Å². The first-order chi connectivity index (χ1) is 19.2. The quantitative estimate of drug-likeness (QED) is 0.317. The van der Waals surface area contributed by atoms with Gasteiger partial charge in [0.15, 0.2) is 0 Å². The number of fused-ring (bicyclic) bond motifs is 1. The average molecular weight is 589 g/mol. The molecule has 4 rings (SSSR count). The summed E-state index contributed by atoms with van der Waals surface area (Å²) >= 11 is 0. The summed E-state index contributed by atoms with van der Waals surface area (Å²) < 4.78 is 0. The van der Waals surface area contributed by atoms with Crippen LogP contribution < -0.4 is 21.7 Å². The fourth-order valence-corrected chi connectivity index (χ4v) is 8.06. The summed E-state index contributed by atoms with van der Waals surface area (Å²) in [4.78, 5) is 70.0. The number of hydrogen-bond donors (Lipinski definition) is 4. The maximum absolute atomic E-state index is 14.4. The molecule has 2 saturated carbocycles. The molecule has 0 aromatic carbocycles. The van der Waals surface area contributed by atoms with Gasteiger partial charge in [-0.05, 0) is 57.4 Å². The van der Waals surface area contributed by atoms with Crippen LogP contribution in [-0.2, 0) is 19.2 Å². The molecule has 4 aliphatic rings. The van der Waals surface area contributed by atoms with Crippen molar-refractivity contribution >= 4 is 29.5 Å². The third-order valence-electron chi connectivity index (χ3n) is 10.8. The van der Waals surface area contributed by atoms with E-state index >= 15 is 0 Å². The predicted molar refractivity (Wildman–Crippen MR) is 159 cm³/mol. The maximum Gasteiger partial charge on any atom is 0.315 e. The van der Waals surface area contributed by atoms with Crippen molar-refractivity contribution in [2.45, 2.75) is 111 Å². The first kappa shape index (κ1) is 32.2. The van der Waals surface area contributed by atoms with E-state index in [9.17, 15) is 24.0 Å². The number of carbonyl (C=O) groups is 5. The molecule has 236 valence electrons. The highest BCUT2D eigenvalue weighted by Gasteiger charge is 2.86. The molecule has 4 atom stereocenters. The standard InChI is InChI=1S/C31H52N6O5/c1-27(2,3)22(34-26(42)35-28(4,5)6)25(41)37-17-30(29(7,8)31(30)15-36(9)16-31)14-20(37)24(40)33-19(21(38)23(32)39)13-18-11-10-12-18/h18-20,22H,10-17H2,1-9H3,(H2,32,39)(H,33,40)(H2,34,35,42)/t19?,20-,22+,30+/m0/s1. The van der Waals surface area contributed by atoms with Crippen LogP contribution in [0.15, 0.2) is 0 Å². The molecule has 2 spiro atoms. The minimum absolute atomic E-state index is 0.0229. The summed E-state index contributed by atoms with van der Waals surface area (Å²) in [7, 11) is 2.07. The average Bonchev–Trinajstić information content (AvgIpc) is 3.07. The Hall–Kier alpha value is -2.69. The topological polar surface area (TPSA) is 154 Å². The molecule has 5 amide bonds. The van der Waals surface area contributed by atoms with E-state index in [1.54, 1.807) is 4.90 Å². The lowest BCUT2D eigenvalue weighted by molar-refractivity contribution is -0.143. The van der Waals surface area contributed by atoms with Crippen LogP contribution in [0, 0.1) is 27.6 Å². The van der Waals surface area contributed by atoms with Crippen molar-refractivity contribution in [1.82, 2.24) is 25.8 Å². The first-order valence-corrected chi connectivity index (χ1v) is 15.4. The molecular formula is C31H52N6O5. The van der Waals surface area contributed by atoms with Crippen molar-refractivity contribution in [2.75, 3.05) is 26.7 Å². The van der Waals surface area contributed by atoms with Crippen molar-refractivity contribution in [3.8, 4) is 0 Å². The summed E-state index contributed by atoms with van der Waals surface area (Å²) in [6.45, 7) is 17.8. The Bertz CT molecular complexity index is 1140. The normalized spacial score (nSPS) is 27.9. The molecule has 11 nitrogen and oxygen atoms in total. The van der Waals surface area contributed by atoms with Gasteiger partial charge in [0, 0.05) is 36.0 Å². The van der Waals surface area contributed by atoms with E-state index in [1.807, 2.05) is 41.5 Å². The number of ketones is 1. The van der Waals surface area contributed by atoms with E-state index < -0.39 is 52.7 Å². The van der Waals surface area contributed by atoms with Crippen LogP contribution in [0.25, 0.3) is 0 Å². The van der Waals surface area contributed by atoms with Gasteiger partial charge >= 0.3 is 6.03 Å². The lowest BCUT2D eigenvalue weighted by Crippen LogP contribution is -2.61. The SMILES string of the molecule is CN1CC2(C1)C(C)(C)[C@]21C[C@@H](C(=O)NC(CC2CCC2)C(=O)C(N)=O)N(C(=O)[C@@H](NC(=O)NC(C)(C)C)C(C)(C)C)C1. The molecule has 2 aliphatic carbocycles. The highest BCUT2D eigenvalue weighted by Crippen LogP contribution is 2.84. The summed E-state index contributed by atoms with van der Waals surface area (Å²) in [5.74, 6) is -2.41. The molecule has 2 aliphatic heterocycles. The van der Waals surface area contributed by atoms with Gasteiger partial charge in [-0.1, -0.05) is 53.9 Å². The Labute approximate surface area is 250 Å². The Kier molecular flexibility index (Phi) is 8.05. The van der Waals surface area contributed by atoms with Gasteiger partial charge in [-0.15, -0.1) is 0 Å². The Balaban J connectivity index is 1.65. The zero-order valence-corrected chi connectivity index (χ0v) is 27.0. The molecule has 0 aromatic heterocycles. The molecule has 11 heteroatoms. The number of nitrogens with two attached hydrogens (primary N) is 1. The molecule has 1 unspecified atom stereocenters. The smallest absolute Gasteiger partial charge is 0.315 e. The fraction of sp³-hybridized carbons (Fsp3) is 0.839. The predicted octanol–water partition coefficient (Wildman–Crippen LogP) is 1.79. The maximum atomic E-state index is 14.4. The summed E-state index contributed by atoms with van der Waals surface area (Å²) in [5, 5.41) is 8.61. The van der Waals surface area contributed by atoms with E-state index in [0.29, 0.717) is 19.4 Å². The Morgan fingerprint density at radius 1 is 0.929 bits per heavy atom. The van der Waals surface area contributed by atoms with E-state index in [1.165, 1.54) is 0 Å². The van der Waals surface area contributed by atoms with E-state index in [2.05, 4.69) is 41.7 Å². The first-order valence-electron chi connectivity index (χ1n) is 15.4. The van der Waals surface area contributed by atoms with Crippen LogP contribution >= 0.6 is 0 Å². The molecular weight excluding hydrogens is 536 g/mol. The number of carbonyl (C=O) groups excluding carboxylic acids is 5.